The molecule has 3 fully saturated rings. The number of likely N-dealkylation sites (tertiary alicyclic amines) is 1. The second-order valence-electron chi connectivity index (χ2n) is 9.17. The molecule has 5 rings (SSSR count). The van der Waals surface area contributed by atoms with Crippen LogP contribution in [0.5, 0.6) is 0 Å². The number of benzene rings is 1. The van der Waals surface area contributed by atoms with Crippen LogP contribution < -0.4 is 4.90 Å². The van der Waals surface area contributed by atoms with E-state index in [1.165, 1.54) is 0 Å². The first-order valence-electron chi connectivity index (χ1n) is 10.8. The van der Waals surface area contributed by atoms with Gasteiger partial charge in [0.2, 0.25) is 5.91 Å². The molecule has 3 aliphatic rings. The highest BCUT2D eigenvalue weighted by atomic mass is 16.4. The highest BCUT2D eigenvalue weighted by Crippen LogP contribution is 2.54. The number of piperazine rings is 1. The third kappa shape index (κ3) is 3.31. The van der Waals surface area contributed by atoms with E-state index in [0.29, 0.717) is 19.5 Å². The Kier molecular flexibility index (Phi) is 4.65. The number of nitrogens with zero attached hydrogens (tertiary/aromatic N) is 4. The summed E-state index contributed by atoms with van der Waals surface area (Å²) < 4.78 is 0. The molecule has 2 aromatic rings. The molecule has 158 valence electrons. The Hall–Kier alpha value is -2.67. The highest BCUT2D eigenvalue weighted by Gasteiger charge is 2.55. The van der Waals surface area contributed by atoms with Crippen molar-refractivity contribution >= 4 is 28.5 Å². The number of carboxylic acids is 1. The quantitative estimate of drug-likeness (QED) is 0.838. The number of para-hydroxylation sites is 1. The normalized spacial score (nSPS) is 26.2. The van der Waals surface area contributed by atoms with E-state index in [4.69, 9.17) is 0 Å². The number of aromatic nitrogens is 1. The van der Waals surface area contributed by atoms with E-state index in [1.807, 2.05) is 47.3 Å². The largest absolute Gasteiger partial charge is 0.481 e. The van der Waals surface area contributed by atoms with Crippen molar-refractivity contribution in [2.45, 2.75) is 25.3 Å². The number of fused-ring (bicyclic) bond motifs is 1. The van der Waals surface area contributed by atoms with Crippen LogP contribution in [0.2, 0.25) is 0 Å². The van der Waals surface area contributed by atoms with E-state index in [9.17, 15) is 14.7 Å². The Morgan fingerprint density at radius 2 is 1.83 bits per heavy atom. The molecule has 1 amide bonds. The fourth-order valence-corrected chi connectivity index (χ4v) is 5.41. The molecule has 1 spiro atoms. The molecular weight excluding hydrogens is 380 g/mol. The van der Waals surface area contributed by atoms with E-state index in [2.05, 4.69) is 16.0 Å². The maximum atomic E-state index is 13.4. The van der Waals surface area contributed by atoms with Crippen LogP contribution in [0.25, 0.3) is 10.9 Å². The molecule has 2 saturated heterocycles. The van der Waals surface area contributed by atoms with Crippen molar-refractivity contribution < 1.29 is 14.7 Å². The first-order chi connectivity index (χ1) is 14.5. The van der Waals surface area contributed by atoms with Crippen molar-refractivity contribution in [3.8, 4) is 0 Å². The molecule has 1 aromatic heterocycles. The highest BCUT2D eigenvalue weighted by molar-refractivity contribution is 5.92. The summed E-state index contributed by atoms with van der Waals surface area (Å²) in [4.78, 5) is 35.9. The lowest BCUT2D eigenvalue weighted by molar-refractivity contribution is -0.156. The lowest BCUT2D eigenvalue weighted by atomic mass is 9.80. The third-order valence-corrected chi connectivity index (χ3v) is 7.18. The number of aliphatic carboxylic acids is 1. The molecule has 3 heterocycles. The number of anilines is 1. The number of pyridine rings is 1. The number of carbonyl (C=O) groups is 2. The van der Waals surface area contributed by atoms with Gasteiger partial charge in [-0.15, -0.1) is 0 Å². The second-order valence-corrected chi connectivity index (χ2v) is 9.17. The summed E-state index contributed by atoms with van der Waals surface area (Å²) >= 11 is 0. The molecule has 30 heavy (non-hydrogen) atoms. The SMILES string of the molecule is CN1CC2(CC2)CC(C(=O)O)C1C(=O)N1CCN(c2ccnc3ccccc23)CC1. The first kappa shape index (κ1) is 19.3. The summed E-state index contributed by atoms with van der Waals surface area (Å²) in [7, 11) is 1.91. The average molecular weight is 409 g/mol. The van der Waals surface area contributed by atoms with Gasteiger partial charge in [-0.1, -0.05) is 18.2 Å². The van der Waals surface area contributed by atoms with Gasteiger partial charge in [0, 0.05) is 50.0 Å². The minimum Gasteiger partial charge on any atom is -0.481 e. The molecule has 7 heteroatoms. The van der Waals surface area contributed by atoms with Crippen LogP contribution in [-0.2, 0) is 9.59 Å². The fourth-order valence-electron chi connectivity index (χ4n) is 5.41. The number of hydrogen-bond donors (Lipinski definition) is 1. The zero-order valence-electron chi connectivity index (χ0n) is 17.3. The van der Waals surface area contributed by atoms with E-state index in [1.54, 1.807) is 0 Å². The standard InChI is InChI=1S/C23H28N4O3/c1-25-15-23(7-8-23)14-17(22(29)30)20(25)21(28)27-12-10-26(11-13-27)19-6-9-24-18-5-3-2-4-16(18)19/h2-6,9,17,20H,7-8,10-15H2,1H3,(H,29,30). The van der Waals surface area contributed by atoms with Gasteiger partial charge >= 0.3 is 5.97 Å². The molecule has 1 N–H and O–H groups in total. The predicted molar refractivity (Wildman–Crippen MR) is 114 cm³/mol. The van der Waals surface area contributed by atoms with Gasteiger partial charge < -0.3 is 14.9 Å². The molecule has 1 saturated carbocycles. The zero-order valence-corrected chi connectivity index (χ0v) is 17.3. The van der Waals surface area contributed by atoms with Crippen molar-refractivity contribution in [3.05, 3.63) is 36.5 Å². The van der Waals surface area contributed by atoms with Crippen molar-refractivity contribution in [3.63, 3.8) is 0 Å². The number of hydrogen-bond acceptors (Lipinski definition) is 5. The van der Waals surface area contributed by atoms with Gasteiger partial charge in [0.05, 0.1) is 11.4 Å². The van der Waals surface area contributed by atoms with Crippen molar-refractivity contribution in [1.82, 2.24) is 14.8 Å². The topological polar surface area (TPSA) is 77.0 Å². The average Bonchev–Trinajstić information content (AvgIpc) is 3.50. The summed E-state index contributed by atoms with van der Waals surface area (Å²) in [5, 5.41) is 10.9. The monoisotopic (exact) mass is 408 g/mol. The maximum absolute atomic E-state index is 13.4. The molecule has 7 nitrogen and oxygen atoms in total. The minimum absolute atomic E-state index is 0.0281. The Bertz CT molecular complexity index is 976. The van der Waals surface area contributed by atoms with E-state index >= 15 is 0 Å². The molecule has 1 aromatic carbocycles. The molecule has 2 unspecified atom stereocenters. The molecule has 2 atom stereocenters. The summed E-state index contributed by atoms with van der Waals surface area (Å²) in [5.74, 6) is -1.48. The Morgan fingerprint density at radius 1 is 1.10 bits per heavy atom. The summed E-state index contributed by atoms with van der Waals surface area (Å²) in [6.07, 6.45) is 4.63. The van der Waals surface area contributed by atoms with Gasteiger partial charge in [0.1, 0.15) is 6.04 Å². The van der Waals surface area contributed by atoms with Crippen molar-refractivity contribution in [2.75, 3.05) is 44.7 Å². The molecule has 0 radical (unpaired) electrons. The van der Waals surface area contributed by atoms with Crippen LogP contribution in [-0.4, -0.2) is 77.6 Å². The van der Waals surface area contributed by atoms with Gasteiger partial charge in [-0.05, 0) is 43.9 Å². The van der Waals surface area contributed by atoms with Gasteiger partial charge in [-0.3, -0.25) is 19.5 Å². The van der Waals surface area contributed by atoms with Crippen LogP contribution in [0.4, 0.5) is 5.69 Å². The number of carbonyl (C=O) groups excluding carboxylic acids is 1. The smallest absolute Gasteiger partial charge is 0.308 e. The molecule has 0 bridgehead atoms. The molecular formula is C23H28N4O3. The lowest BCUT2D eigenvalue weighted by Crippen LogP contribution is -2.60. The van der Waals surface area contributed by atoms with Crippen molar-refractivity contribution in [2.24, 2.45) is 11.3 Å². The van der Waals surface area contributed by atoms with Gasteiger partial charge in [-0.25, -0.2) is 0 Å². The predicted octanol–water partition coefficient (Wildman–Crippen LogP) is 2.07. The van der Waals surface area contributed by atoms with Crippen LogP contribution in [0, 0.1) is 11.3 Å². The van der Waals surface area contributed by atoms with Gasteiger partial charge in [0.25, 0.3) is 0 Å². The summed E-state index contributed by atoms with van der Waals surface area (Å²) in [6.45, 7) is 3.51. The van der Waals surface area contributed by atoms with E-state index in [0.717, 1.165) is 49.1 Å². The number of amides is 1. The molecule has 2 aliphatic heterocycles. The summed E-state index contributed by atoms with van der Waals surface area (Å²) in [6, 6.07) is 9.58. The van der Waals surface area contributed by atoms with Gasteiger partial charge in [0.15, 0.2) is 0 Å². The third-order valence-electron chi connectivity index (χ3n) is 7.18. The molecule has 1 aliphatic carbocycles. The van der Waals surface area contributed by atoms with Crippen molar-refractivity contribution in [1.29, 1.82) is 0 Å². The number of carboxylic acid groups (broad SMARTS) is 1. The van der Waals surface area contributed by atoms with Crippen LogP contribution >= 0.6 is 0 Å². The van der Waals surface area contributed by atoms with Crippen LogP contribution in [0.1, 0.15) is 19.3 Å². The first-order valence-corrected chi connectivity index (χ1v) is 10.8. The number of rotatable bonds is 3. The number of likely N-dealkylation sites (N-methyl/N-ethyl adjacent to an activating group) is 1. The zero-order chi connectivity index (χ0) is 20.9. The van der Waals surface area contributed by atoms with E-state index < -0.39 is 17.9 Å². The fraction of sp³-hybridized carbons (Fsp3) is 0.522. The summed E-state index contributed by atoms with van der Waals surface area (Å²) in [5.41, 5.74) is 2.24. The Morgan fingerprint density at radius 3 is 2.53 bits per heavy atom. The second kappa shape index (κ2) is 7.23. The van der Waals surface area contributed by atoms with E-state index in [-0.39, 0.29) is 11.3 Å². The van der Waals surface area contributed by atoms with Crippen LogP contribution in [0.15, 0.2) is 36.5 Å². The van der Waals surface area contributed by atoms with Crippen LogP contribution in [0.3, 0.4) is 0 Å². The van der Waals surface area contributed by atoms with Gasteiger partial charge in [-0.2, -0.15) is 0 Å². The number of piperidine rings is 1. The maximum Gasteiger partial charge on any atom is 0.308 e. The Balaban J connectivity index is 1.30. The Labute approximate surface area is 176 Å². The lowest BCUT2D eigenvalue weighted by Gasteiger charge is -2.44. The minimum atomic E-state index is -0.840.